The van der Waals surface area contributed by atoms with Crippen LogP contribution in [0.5, 0.6) is 0 Å². The Morgan fingerprint density at radius 3 is 3.08 bits per heavy atom. The Bertz CT molecular complexity index is 299. The van der Waals surface area contributed by atoms with E-state index in [0.29, 0.717) is 0 Å². The molecule has 1 heterocycles. The van der Waals surface area contributed by atoms with Gasteiger partial charge in [0.05, 0.1) is 0 Å². The zero-order valence-corrected chi connectivity index (χ0v) is 6.90. The van der Waals surface area contributed by atoms with Crippen molar-refractivity contribution in [3.63, 3.8) is 0 Å². The lowest BCUT2D eigenvalue weighted by atomic mass is 10.4. The van der Waals surface area contributed by atoms with Gasteiger partial charge in [-0.05, 0) is 25.1 Å². The molecule has 0 unspecified atom stereocenters. The molecule has 0 saturated heterocycles. The fraction of sp³-hybridized carbons (Fsp3) is 0.222. The number of aryl methyl sites for hydroxylation is 1. The average molecular weight is 165 g/mol. The number of carboxylic acids is 1. The summed E-state index contributed by atoms with van der Waals surface area (Å²) in [5, 5.41) is 8.38. The van der Waals surface area contributed by atoms with Gasteiger partial charge in [0.2, 0.25) is 0 Å². The van der Waals surface area contributed by atoms with Crippen molar-refractivity contribution < 1.29 is 9.90 Å². The Morgan fingerprint density at radius 1 is 1.75 bits per heavy atom. The van der Waals surface area contributed by atoms with Crippen LogP contribution in [-0.2, 0) is 11.3 Å². The van der Waals surface area contributed by atoms with Gasteiger partial charge < -0.3 is 9.67 Å². The highest BCUT2D eigenvalue weighted by molar-refractivity contribution is 5.84. The summed E-state index contributed by atoms with van der Waals surface area (Å²) in [4.78, 5) is 10.2. The second kappa shape index (κ2) is 3.76. The van der Waals surface area contributed by atoms with Crippen molar-refractivity contribution in [2.45, 2.75) is 13.5 Å². The van der Waals surface area contributed by atoms with Crippen molar-refractivity contribution in [2.75, 3.05) is 0 Å². The van der Waals surface area contributed by atoms with E-state index in [1.807, 2.05) is 29.8 Å². The third kappa shape index (κ3) is 1.99. The van der Waals surface area contributed by atoms with E-state index in [2.05, 4.69) is 0 Å². The fourth-order valence-electron chi connectivity index (χ4n) is 1.02. The van der Waals surface area contributed by atoms with Crippen molar-refractivity contribution in [2.24, 2.45) is 0 Å². The molecule has 64 valence electrons. The van der Waals surface area contributed by atoms with E-state index in [4.69, 9.17) is 5.11 Å². The molecule has 3 heteroatoms. The van der Waals surface area contributed by atoms with Crippen LogP contribution >= 0.6 is 0 Å². The van der Waals surface area contributed by atoms with Crippen molar-refractivity contribution in [3.05, 3.63) is 30.1 Å². The Labute approximate surface area is 70.9 Å². The first-order chi connectivity index (χ1) is 5.74. The summed E-state index contributed by atoms with van der Waals surface area (Å²) in [6.07, 6.45) is 4.65. The average Bonchev–Trinajstić information content (AvgIpc) is 2.47. The Balaban J connectivity index is 2.81. The van der Waals surface area contributed by atoms with Crippen molar-refractivity contribution in [3.8, 4) is 0 Å². The molecule has 1 N–H and O–H groups in total. The predicted octanol–water partition coefficient (Wildman–Crippen LogP) is 1.61. The molecule has 0 amide bonds. The van der Waals surface area contributed by atoms with Gasteiger partial charge >= 0.3 is 5.97 Å². The maximum Gasteiger partial charge on any atom is 0.328 e. The second-order valence-corrected chi connectivity index (χ2v) is 2.39. The van der Waals surface area contributed by atoms with E-state index in [9.17, 15) is 4.79 Å². The van der Waals surface area contributed by atoms with Gasteiger partial charge in [-0.1, -0.05) is 0 Å². The summed E-state index contributed by atoms with van der Waals surface area (Å²) >= 11 is 0. The molecule has 1 aromatic heterocycles. The van der Waals surface area contributed by atoms with Crippen LogP contribution in [0.4, 0.5) is 0 Å². The molecule has 0 atom stereocenters. The highest BCUT2D eigenvalue weighted by Gasteiger charge is 1.94. The molecule has 0 spiro atoms. The van der Waals surface area contributed by atoms with Gasteiger partial charge in [0.15, 0.2) is 0 Å². The van der Waals surface area contributed by atoms with Crippen LogP contribution in [0.15, 0.2) is 24.4 Å². The zero-order chi connectivity index (χ0) is 8.97. The number of nitrogens with zero attached hydrogens (tertiary/aromatic N) is 1. The quantitative estimate of drug-likeness (QED) is 0.691. The summed E-state index contributed by atoms with van der Waals surface area (Å²) in [6, 6.07) is 3.77. The molecule has 1 rings (SSSR count). The highest BCUT2D eigenvalue weighted by Crippen LogP contribution is 2.03. The van der Waals surface area contributed by atoms with Crippen molar-refractivity contribution in [1.29, 1.82) is 0 Å². The van der Waals surface area contributed by atoms with Crippen molar-refractivity contribution in [1.82, 2.24) is 4.57 Å². The summed E-state index contributed by atoms with van der Waals surface area (Å²) in [5.41, 5.74) is 0.917. The summed E-state index contributed by atoms with van der Waals surface area (Å²) in [6.45, 7) is 2.87. The lowest BCUT2D eigenvalue weighted by Crippen LogP contribution is -1.94. The van der Waals surface area contributed by atoms with Crippen LogP contribution in [-0.4, -0.2) is 15.6 Å². The number of hydrogen-bond donors (Lipinski definition) is 1. The first-order valence-corrected chi connectivity index (χ1v) is 3.80. The van der Waals surface area contributed by atoms with Crippen molar-refractivity contribution >= 4 is 12.0 Å². The third-order valence-corrected chi connectivity index (χ3v) is 1.60. The summed E-state index contributed by atoms with van der Waals surface area (Å²) in [7, 11) is 0. The van der Waals surface area contributed by atoms with Crippen LogP contribution in [0, 0.1) is 0 Å². The van der Waals surface area contributed by atoms with Crippen LogP contribution < -0.4 is 0 Å². The van der Waals surface area contributed by atoms with E-state index in [1.165, 1.54) is 0 Å². The molecular weight excluding hydrogens is 154 g/mol. The molecule has 0 aliphatic heterocycles. The van der Waals surface area contributed by atoms with Gasteiger partial charge in [-0.3, -0.25) is 0 Å². The van der Waals surface area contributed by atoms with Gasteiger partial charge in [-0.2, -0.15) is 0 Å². The minimum atomic E-state index is -0.918. The molecular formula is C9H11NO2. The lowest BCUT2D eigenvalue weighted by Gasteiger charge is -1.99. The second-order valence-electron chi connectivity index (χ2n) is 2.39. The molecule has 0 fully saturated rings. The summed E-state index contributed by atoms with van der Waals surface area (Å²) < 4.78 is 1.97. The Kier molecular flexibility index (Phi) is 2.69. The van der Waals surface area contributed by atoms with E-state index in [0.717, 1.165) is 18.3 Å². The minimum Gasteiger partial charge on any atom is -0.478 e. The highest BCUT2D eigenvalue weighted by atomic mass is 16.4. The van der Waals surface area contributed by atoms with Gasteiger partial charge in [0.25, 0.3) is 0 Å². The normalized spacial score (nSPS) is 10.8. The lowest BCUT2D eigenvalue weighted by molar-refractivity contribution is -0.131. The Hall–Kier alpha value is -1.51. The zero-order valence-electron chi connectivity index (χ0n) is 6.90. The molecule has 0 aliphatic rings. The maximum atomic E-state index is 10.2. The number of hydrogen-bond acceptors (Lipinski definition) is 1. The number of aromatic nitrogens is 1. The molecule has 0 aliphatic carbocycles. The van der Waals surface area contributed by atoms with Gasteiger partial charge in [0.1, 0.15) is 0 Å². The van der Waals surface area contributed by atoms with Crippen LogP contribution in [0.25, 0.3) is 6.08 Å². The number of carbonyl (C=O) groups is 1. The number of aliphatic carboxylic acids is 1. The van der Waals surface area contributed by atoms with Crippen LogP contribution in [0.2, 0.25) is 0 Å². The molecule has 1 aromatic rings. The van der Waals surface area contributed by atoms with Gasteiger partial charge in [-0.25, -0.2) is 4.79 Å². The van der Waals surface area contributed by atoms with E-state index in [-0.39, 0.29) is 0 Å². The molecule has 0 saturated carbocycles. The van der Waals surface area contributed by atoms with E-state index >= 15 is 0 Å². The van der Waals surface area contributed by atoms with Gasteiger partial charge in [-0.15, -0.1) is 0 Å². The maximum absolute atomic E-state index is 10.2. The minimum absolute atomic E-state index is 0.853. The van der Waals surface area contributed by atoms with Gasteiger partial charge in [0, 0.05) is 24.5 Å². The third-order valence-electron chi connectivity index (χ3n) is 1.60. The smallest absolute Gasteiger partial charge is 0.328 e. The predicted molar refractivity (Wildman–Crippen MR) is 46.8 cm³/mol. The largest absolute Gasteiger partial charge is 0.478 e. The summed E-state index contributed by atoms with van der Waals surface area (Å²) in [5.74, 6) is -0.918. The molecule has 0 bridgehead atoms. The topological polar surface area (TPSA) is 42.2 Å². The molecule has 0 radical (unpaired) electrons. The first kappa shape index (κ1) is 8.59. The Morgan fingerprint density at radius 2 is 2.50 bits per heavy atom. The monoisotopic (exact) mass is 165 g/mol. The molecule has 12 heavy (non-hydrogen) atoms. The van der Waals surface area contributed by atoms with Crippen LogP contribution in [0.3, 0.4) is 0 Å². The fourth-order valence-corrected chi connectivity index (χ4v) is 1.02. The van der Waals surface area contributed by atoms with E-state index < -0.39 is 5.97 Å². The van der Waals surface area contributed by atoms with Crippen LogP contribution in [0.1, 0.15) is 12.6 Å². The molecule has 0 aromatic carbocycles. The first-order valence-electron chi connectivity index (χ1n) is 3.80. The number of carboxylic acid groups (broad SMARTS) is 1. The standard InChI is InChI=1S/C9H11NO2/c1-2-10-7-3-4-8(10)5-6-9(11)12/h3-7H,2H2,1H3,(H,11,12). The van der Waals surface area contributed by atoms with E-state index in [1.54, 1.807) is 6.08 Å². The number of rotatable bonds is 3. The SMILES string of the molecule is CCn1cccc1C=CC(=O)O. The molecule has 3 nitrogen and oxygen atoms in total.